The van der Waals surface area contributed by atoms with E-state index in [0.29, 0.717) is 6.42 Å². The van der Waals surface area contributed by atoms with Crippen molar-refractivity contribution >= 4 is 14.9 Å². The molecule has 0 bridgehead atoms. The Hall–Kier alpha value is -0.430. The van der Waals surface area contributed by atoms with Gasteiger partial charge in [0.2, 0.25) is 0 Å². The number of carboxylic acid groups (broad SMARTS) is 1. The van der Waals surface area contributed by atoms with Crippen molar-refractivity contribution in [1.82, 2.24) is 0 Å². The van der Waals surface area contributed by atoms with Crippen molar-refractivity contribution in [3.05, 3.63) is 0 Å². The Morgan fingerprint density at radius 3 is 3.00 bits per heavy atom. The fraction of sp³-hybridized carbons (Fsp3) is 0.750. The summed E-state index contributed by atoms with van der Waals surface area (Å²) in [6, 6.07) is -0.691. The van der Waals surface area contributed by atoms with Crippen LogP contribution in [0, 0.1) is 0 Å². The molecule has 4 heteroatoms. The van der Waals surface area contributed by atoms with E-state index in [2.05, 4.69) is 4.74 Å². The fourth-order valence-corrected chi connectivity index (χ4v) is 0.568. The van der Waals surface area contributed by atoms with Crippen LogP contribution >= 0.6 is 8.98 Å². The van der Waals surface area contributed by atoms with Gasteiger partial charge in [-0.05, 0) is 15.4 Å². The highest BCUT2D eigenvalue weighted by Gasteiger charge is 2.09. The summed E-state index contributed by atoms with van der Waals surface area (Å²) >= 11 is 0. The molecule has 0 aliphatic rings. The molecule has 0 heterocycles. The van der Waals surface area contributed by atoms with Gasteiger partial charge >= 0.3 is 5.97 Å². The molecule has 0 aromatic rings. The van der Waals surface area contributed by atoms with Crippen LogP contribution in [-0.2, 0) is 4.79 Å². The number of carboxylic acids is 1. The number of aliphatic carboxylic acids is 1. The normalized spacial score (nSPS) is 15.9. The summed E-state index contributed by atoms with van der Waals surface area (Å²) in [5.41, 5.74) is 0. The molecule has 0 radical (unpaired) electrons. The molecule has 0 saturated heterocycles. The molecular formula is C4H8NO2P. The zero-order chi connectivity index (χ0) is 7.28. The predicted octanol–water partition coefficient (Wildman–Crippen LogP) is 1.18. The maximum Gasteiger partial charge on any atom is 0.328 e. The van der Waals surface area contributed by atoms with Gasteiger partial charge in [-0.1, -0.05) is 6.92 Å². The molecule has 0 unspecified atom stereocenters. The van der Waals surface area contributed by atoms with Gasteiger partial charge in [-0.3, -0.25) is 4.74 Å². The van der Waals surface area contributed by atoms with Crippen molar-refractivity contribution in [3.8, 4) is 0 Å². The van der Waals surface area contributed by atoms with Crippen molar-refractivity contribution in [2.45, 2.75) is 19.4 Å². The van der Waals surface area contributed by atoms with Crippen molar-refractivity contribution < 1.29 is 9.90 Å². The number of carbonyl (C=O) groups is 1. The Bertz CT molecular complexity index is 128. The molecule has 0 spiro atoms. The molecule has 8 heavy (non-hydrogen) atoms. The molecule has 1 N–H and O–H groups in total. The Morgan fingerprint density at radius 1 is 2.25 bits per heavy atom. The summed E-state index contributed by atoms with van der Waals surface area (Å²) in [6.45, 7) is 1.73. The van der Waals surface area contributed by atoms with Crippen molar-refractivity contribution in [1.29, 1.82) is 1.28 Å². The minimum absolute atomic E-state index is 0.0443. The second kappa shape index (κ2) is 3.56. The van der Waals surface area contributed by atoms with Crippen LogP contribution in [0.4, 0.5) is 0 Å². The van der Waals surface area contributed by atoms with E-state index in [-0.39, 0.29) is 8.98 Å². The Kier molecular flexibility index (Phi) is 2.54. The Balaban J connectivity index is 3.83. The molecular weight excluding hydrogens is 125 g/mol. The molecule has 0 aromatic carbocycles. The second-order valence-electron chi connectivity index (χ2n) is 1.38. The van der Waals surface area contributed by atoms with Crippen LogP contribution in [0.5, 0.6) is 0 Å². The second-order valence-corrected chi connectivity index (χ2v) is 1.61. The molecule has 0 fully saturated rings. The SMILES string of the molecule is [2H]P=N[C@@H](CC)C(=O)O. The van der Waals surface area contributed by atoms with Crippen LogP contribution in [-0.4, -0.2) is 18.4 Å². The predicted molar refractivity (Wildman–Crippen MR) is 32.5 cm³/mol. The lowest BCUT2D eigenvalue weighted by Crippen LogP contribution is -2.14. The molecule has 3 nitrogen and oxygen atoms in total. The number of hydrogen-bond acceptors (Lipinski definition) is 2. The average molecular weight is 134 g/mol. The van der Waals surface area contributed by atoms with E-state index in [1.54, 1.807) is 6.92 Å². The Labute approximate surface area is 51.3 Å². The summed E-state index contributed by atoms with van der Waals surface area (Å²) < 4.78 is 10.1. The Morgan fingerprint density at radius 2 is 2.88 bits per heavy atom. The molecule has 0 saturated carbocycles. The van der Waals surface area contributed by atoms with Gasteiger partial charge in [-0.25, -0.2) is 4.79 Å². The van der Waals surface area contributed by atoms with Crippen LogP contribution in [0.25, 0.3) is 0 Å². The zero-order valence-electron chi connectivity index (χ0n) is 5.53. The van der Waals surface area contributed by atoms with E-state index in [4.69, 9.17) is 6.39 Å². The molecule has 0 amide bonds. The van der Waals surface area contributed by atoms with Gasteiger partial charge in [-0.2, -0.15) is 0 Å². The van der Waals surface area contributed by atoms with Gasteiger partial charge in [0.25, 0.3) is 0 Å². The largest absolute Gasteiger partial charge is 0.480 e. The quantitative estimate of drug-likeness (QED) is 0.589. The smallest absolute Gasteiger partial charge is 0.328 e. The summed E-state index contributed by atoms with van der Waals surface area (Å²) in [5, 5.41) is 8.32. The van der Waals surface area contributed by atoms with E-state index in [1.807, 2.05) is 0 Å². The van der Waals surface area contributed by atoms with Crippen LogP contribution < -0.4 is 0 Å². The van der Waals surface area contributed by atoms with Gasteiger partial charge in [0.1, 0.15) is 1.28 Å². The van der Waals surface area contributed by atoms with Crippen LogP contribution in [0.2, 0.25) is 0 Å². The van der Waals surface area contributed by atoms with E-state index >= 15 is 0 Å². The van der Waals surface area contributed by atoms with Gasteiger partial charge in [0.05, 0.1) is 0 Å². The summed E-state index contributed by atoms with van der Waals surface area (Å²) in [5.74, 6) is -0.947. The first kappa shape index (κ1) is 5.70. The lowest BCUT2D eigenvalue weighted by atomic mass is 10.2. The minimum Gasteiger partial charge on any atom is -0.480 e. The standard InChI is InChI=1S/C4H8NO2P/c1-2-3(5-8)4(6)7/h3,8H,2H2,1H3,(H,6,7)/t3-/m0/s1/i8D. The van der Waals surface area contributed by atoms with E-state index in [0.717, 1.165) is 0 Å². The molecule has 0 rings (SSSR count). The van der Waals surface area contributed by atoms with E-state index < -0.39 is 12.0 Å². The summed E-state index contributed by atoms with van der Waals surface area (Å²) in [6.07, 6.45) is 0.460. The maximum atomic E-state index is 10.1. The van der Waals surface area contributed by atoms with Gasteiger partial charge in [0, 0.05) is 0 Å². The first-order chi connectivity index (χ1) is 4.22. The van der Waals surface area contributed by atoms with Gasteiger partial charge in [0.15, 0.2) is 6.04 Å². The third-order valence-electron chi connectivity index (χ3n) is 0.811. The molecule has 0 aliphatic carbocycles. The number of rotatable bonds is 3. The van der Waals surface area contributed by atoms with Gasteiger partial charge in [-0.15, -0.1) is 0 Å². The third kappa shape index (κ3) is 2.03. The molecule has 1 atom stereocenters. The fourth-order valence-electron chi connectivity index (χ4n) is 0.306. The zero-order valence-corrected chi connectivity index (χ0v) is 5.43. The monoisotopic (exact) mass is 134 g/mol. The topological polar surface area (TPSA) is 49.7 Å². The summed E-state index contributed by atoms with van der Waals surface area (Å²) in [7, 11) is 0.0443. The average Bonchev–Trinajstić information content (AvgIpc) is 1.82. The van der Waals surface area contributed by atoms with Crippen LogP contribution in [0.1, 0.15) is 13.3 Å². The van der Waals surface area contributed by atoms with Crippen molar-refractivity contribution in [3.63, 3.8) is 0 Å². The summed E-state index contributed by atoms with van der Waals surface area (Å²) in [4.78, 5) is 10.1. The van der Waals surface area contributed by atoms with Crippen LogP contribution in [0.3, 0.4) is 0 Å². The van der Waals surface area contributed by atoms with Crippen LogP contribution in [0.15, 0.2) is 4.74 Å². The van der Waals surface area contributed by atoms with E-state index in [1.165, 1.54) is 0 Å². The maximum absolute atomic E-state index is 10.1. The highest BCUT2D eigenvalue weighted by Crippen LogP contribution is 1.97. The highest BCUT2D eigenvalue weighted by atomic mass is 31.0. The van der Waals surface area contributed by atoms with Gasteiger partial charge < -0.3 is 5.11 Å². The van der Waals surface area contributed by atoms with Crippen molar-refractivity contribution in [2.75, 3.05) is 0 Å². The van der Waals surface area contributed by atoms with Crippen molar-refractivity contribution in [2.24, 2.45) is 4.74 Å². The number of hydrogen-bond donors (Lipinski definition) is 1. The number of nitrogens with zero attached hydrogens (tertiary/aromatic N) is 1. The first-order valence-corrected chi connectivity index (χ1v) is 2.69. The lowest BCUT2D eigenvalue weighted by Gasteiger charge is -1.97. The van der Waals surface area contributed by atoms with E-state index in [9.17, 15) is 4.79 Å². The first-order valence-electron chi connectivity index (χ1n) is 2.74. The molecule has 0 aliphatic heterocycles. The highest BCUT2D eigenvalue weighted by molar-refractivity contribution is 7.04. The molecule has 46 valence electrons. The molecule has 0 aromatic heterocycles. The third-order valence-corrected chi connectivity index (χ3v) is 1.09. The minimum atomic E-state index is -0.947. The lowest BCUT2D eigenvalue weighted by molar-refractivity contribution is -0.138.